The Hall–Kier alpha value is -1.89. The molecule has 0 fully saturated rings. The fraction of sp³-hybridized carbons (Fsp3) is 0. The fourth-order valence-electron chi connectivity index (χ4n) is 0.818. The van der Waals surface area contributed by atoms with Crippen LogP contribution in [-0.4, -0.2) is 20.1 Å². The van der Waals surface area contributed by atoms with Crippen molar-refractivity contribution in [2.45, 2.75) is 0 Å². The third-order valence-corrected chi connectivity index (χ3v) is 1.69. The molecule has 0 aliphatic carbocycles. The molecule has 8 heteroatoms. The molecule has 0 aliphatic heterocycles. The first-order valence-electron chi connectivity index (χ1n) is 3.54. The van der Waals surface area contributed by atoms with Gasteiger partial charge in [0.05, 0.1) is 6.20 Å². The number of nitrogens with two attached hydrogens (primary N) is 2. The van der Waals surface area contributed by atoms with Gasteiger partial charge in [-0.2, -0.15) is 4.98 Å². The van der Waals surface area contributed by atoms with Gasteiger partial charge in [0.2, 0.25) is 0 Å². The quantitative estimate of drug-likeness (QED) is 0.700. The third kappa shape index (κ3) is 1.44. The van der Waals surface area contributed by atoms with Crippen LogP contribution in [0.15, 0.2) is 10.7 Å². The minimum atomic E-state index is 0.0229. The summed E-state index contributed by atoms with van der Waals surface area (Å²) in [6.07, 6.45) is 1.37. The number of hydrogen-bond donors (Lipinski definition) is 2. The van der Waals surface area contributed by atoms with Gasteiger partial charge in [-0.3, -0.25) is 0 Å². The van der Waals surface area contributed by atoms with Crippen LogP contribution in [0.4, 0.5) is 11.8 Å². The lowest BCUT2D eigenvalue weighted by atomic mass is 10.4. The standard InChI is InChI=1S/C6H5ClN6O/c7-3-4(8)10-1-2(11-3)5-12-6(9)13-14-5/h1H,(H2,8,10)(H2,9,13). The zero-order valence-electron chi connectivity index (χ0n) is 6.81. The summed E-state index contributed by atoms with van der Waals surface area (Å²) in [4.78, 5) is 11.4. The van der Waals surface area contributed by atoms with Crippen LogP contribution in [0.2, 0.25) is 5.15 Å². The molecule has 7 nitrogen and oxygen atoms in total. The van der Waals surface area contributed by atoms with Crippen molar-refractivity contribution < 1.29 is 4.52 Å². The van der Waals surface area contributed by atoms with Gasteiger partial charge in [0, 0.05) is 0 Å². The lowest BCUT2D eigenvalue weighted by Crippen LogP contribution is -1.95. The summed E-state index contributed by atoms with van der Waals surface area (Å²) in [6, 6.07) is 0. The summed E-state index contributed by atoms with van der Waals surface area (Å²) < 4.78 is 4.76. The van der Waals surface area contributed by atoms with Crippen LogP contribution >= 0.6 is 11.6 Å². The number of nitrogens with zero attached hydrogens (tertiary/aromatic N) is 4. The van der Waals surface area contributed by atoms with E-state index in [1.165, 1.54) is 6.20 Å². The van der Waals surface area contributed by atoms with Crippen molar-refractivity contribution in [3.8, 4) is 11.6 Å². The minimum Gasteiger partial charge on any atom is -0.381 e. The molecule has 72 valence electrons. The van der Waals surface area contributed by atoms with Gasteiger partial charge in [-0.05, 0) is 5.16 Å². The van der Waals surface area contributed by atoms with Gasteiger partial charge >= 0.3 is 0 Å². The van der Waals surface area contributed by atoms with Crippen LogP contribution < -0.4 is 11.5 Å². The maximum atomic E-state index is 5.65. The van der Waals surface area contributed by atoms with Gasteiger partial charge in [0.1, 0.15) is 5.69 Å². The van der Waals surface area contributed by atoms with E-state index in [0.29, 0.717) is 5.69 Å². The Kier molecular flexibility index (Phi) is 1.93. The molecular weight excluding hydrogens is 208 g/mol. The summed E-state index contributed by atoms with van der Waals surface area (Å²) in [5, 5.41) is 3.48. The summed E-state index contributed by atoms with van der Waals surface area (Å²) in [5.41, 5.74) is 11.0. The number of hydrogen-bond acceptors (Lipinski definition) is 7. The first kappa shape index (κ1) is 8.70. The minimum absolute atomic E-state index is 0.0229. The second-order valence-electron chi connectivity index (χ2n) is 2.39. The van der Waals surface area contributed by atoms with Gasteiger partial charge in [0.25, 0.3) is 11.8 Å². The fourth-order valence-corrected chi connectivity index (χ4v) is 0.958. The Labute approximate surface area is 83.1 Å². The Morgan fingerprint density at radius 3 is 2.64 bits per heavy atom. The number of anilines is 2. The lowest BCUT2D eigenvalue weighted by molar-refractivity contribution is 0.431. The highest BCUT2D eigenvalue weighted by Gasteiger charge is 2.10. The predicted octanol–water partition coefficient (Wildman–Crippen LogP) is 0.344. The lowest BCUT2D eigenvalue weighted by Gasteiger charge is -1.96. The van der Waals surface area contributed by atoms with Gasteiger partial charge in [-0.25, -0.2) is 9.97 Å². The highest BCUT2D eigenvalue weighted by molar-refractivity contribution is 6.31. The Morgan fingerprint density at radius 1 is 1.29 bits per heavy atom. The van der Waals surface area contributed by atoms with Crippen LogP contribution in [-0.2, 0) is 0 Å². The summed E-state index contributed by atoms with van der Waals surface area (Å²) in [7, 11) is 0. The SMILES string of the molecule is Nc1noc(-c2cnc(N)c(Cl)n2)n1. The van der Waals surface area contributed by atoms with E-state index in [0.717, 1.165) is 0 Å². The smallest absolute Gasteiger partial charge is 0.279 e. The van der Waals surface area contributed by atoms with Crippen LogP contribution in [0.25, 0.3) is 11.6 Å². The van der Waals surface area contributed by atoms with Crippen LogP contribution in [0.3, 0.4) is 0 Å². The number of rotatable bonds is 1. The Morgan fingerprint density at radius 2 is 2.07 bits per heavy atom. The van der Waals surface area contributed by atoms with Crippen molar-refractivity contribution in [2.24, 2.45) is 0 Å². The van der Waals surface area contributed by atoms with Crippen molar-refractivity contribution in [1.82, 2.24) is 20.1 Å². The van der Waals surface area contributed by atoms with E-state index in [1.807, 2.05) is 0 Å². The van der Waals surface area contributed by atoms with Gasteiger partial charge < -0.3 is 16.0 Å². The van der Waals surface area contributed by atoms with E-state index in [4.69, 9.17) is 27.6 Å². The number of halogens is 1. The molecule has 2 aromatic rings. The van der Waals surface area contributed by atoms with Crippen LogP contribution in [0.5, 0.6) is 0 Å². The van der Waals surface area contributed by atoms with Crippen molar-refractivity contribution in [3.63, 3.8) is 0 Å². The third-order valence-electron chi connectivity index (χ3n) is 1.42. The number of aromatic nitrogens is 4. The van der Waals surface area contributed by atoms with Crippen LogP contribution in [0, 0.1) is 0 Å². The zero-order chi connectivity index (χ0) is 10.1. The highest BCUT2D eigenvalue weighted by atomic mass is 35.5. The van der Waals surface area contributed by atoms with E-state index in [9.17, 15) is 0 Å². The first-order chi connectivity index (χ1) is 6.66. The van der Waals surface area contributed by atoms with Crippen molar-refractivity contribution in [2.75, 3.05) is 11.5 Å². The molecule has 2 rings (SSSR count). The molecule has 4 N–H and O–H groups in total. The van der Waals surface area contributed by atoms with Crippen molar-refractivity contribution in [1.29, 1.82) is 0 Å². The second-order valence-corrected chi connectivity index (χ2v) is 2.75. The van der Waals surface area contributed by atoms with E-state index in [2.05, 4.69) is 20.1 Å². The summed E-state index contributed by atoms with van der Waals surface area (Å²) >= 11 is 5.65. The van der Waals surface area contributed by atoms with Gasteiger partial charge in [-0.1, -0.05) is 11.6 Å². The highest BCUT2D eigenvalue weighted by Crippen LogP contribution is 2.19. The topological polar surface area (TPSA) is 117 Å². The molecule has 0 amide bonds. The monoisotopic (exact) mass is 212 g/mol. The first-order valence-corrected chi connectivity index (χ1v) is 3.92. The molecule has 0 radical (unpaired) electrons. The molecule has 0 spiro atoms. The van der Waals surface area contributed by atoms with E-state index in [-0.39, 0.29) is 22.8 Å². The summed E-state index contributed by atoms with van der Waals surface area (Å²) in [5.74, 6) is 0.314. The zero-order valence-corrected chi connectivity index (χ0v) is 7.56. The predicted molar refractivity (Wildman–Crippen MR) is 49.2 cm³/mol. The van der Waals surface area contributed by atoms with Crippen molar-refractivity contribution >= 4 is 23.4 Å². The molecule has 0 bridgehead atoms. The average molecular weight is 213 g/mol. The largest absolute Gasteiger partial charge is 0.381 e. The molecule has 0 aliphatic rings. The molecule has 0 atom stereocenters. The number of nitrogen functional groups attached to an aromatic ring is 2. The molecule has 0 saturated carbocycles. The van der Waals surface area contributed by atoms with Crippen LogP contribution in [0.1, 0.15) is 0 Å². The van der Waals surface area contributed by atoms with Gasteiger partial charge in [0.15, 0.2) is 11.0 Å². The maximum Gasteiger partial charge on any atom is 0.279 e. The Bertz CT molecular complexity index is 469. The molecule has 2 heterocycles. The molecule has 0 saturated heterocycles. The van der Waals surface area contributed by atoms with E-state index in [1.54, 1.807) is 0 Å². The normalized spacial score (nSPS) is 10.4. The molecular formula is C6H5ClN6O. The Balaban J connectivity index is 2.47. The summed E-state index contributed by atoms with van der Waals surface area (Å²) in [6.45, 7) is 0. The molecule has 2 aromatic heterocycles. The second kappa shape index (κ2) is 3.11. The van der Waals surface area contributed by atoms with E-state index < -0.39 is 0 Å². The van der Waals surface area contributed by atoms with Gasteiger partial charge in [-0.15, -0.1) is 0 Å². The maximum absolute atomic E-state index is 5.65. The molecule has 0 unspecified atom stereocenters. The molecule has 0 aromatic carbocycles. The average Bonchev–Trinajstić information content (AvgIpc) is 2.57. The van der Waals surface area contributed by atoms with E-state index >= 15 is 0 Å². The van der Waals surface area contributed by atoms with Crippen molar-refractivity contribution in [3.05, 3.63) is 11.3 Å². The molecule has 14 heavy (non-hydrogen) atoms.